The first-order valence-corrected chi connectivity index (χ1v) is 8.00. The smallest absolute Gasteiger partial charge is 0.206 e. The van der Waals surface area contributed by atoms with Crippen LogP contribution in [0.4, 0.5) is 22.0 Å². The highest BCUT2D eigenvalue weighted by atomic mass is 19.4. The van der Waals surface area contributed by atoms with Crippen molar-refractivity contribution in [2.75, 3.05) is 0 Å². The molecular weight excluding hydrogens is 311 g/mol. The fourth-order valence-corrected chi connectivity index (χ4v) is 3.38. The zero-order chi connectivity index (χ0) is 17.0. The van der Waals surface area contributed by atoms with Gasteiger partial charge in [0.15, 0.2) is 0 Å². The summed E-state index contributed by atoms with van der Waals surface area (Å²) in [6.45, 7) is 1.98. The maximum atomic E-state index is 13.7. The Hall–Kier alpha value is -1.39. The molecular formula is C18H21F5. The molecule has 2 rings (SSSR count). The number of hydrogen-bond donors (Lipinski definition) is 0. The molecule has 23 heavy (non-hydrogen) atoms. The van der Waals surface area contributed by atoms with Crippen molar-refractivity contribution in [3.05, 3.63) is 47.0 Å². The van der Waals surface area contributed by atoms with Crippen LogP contribution in [-0.4, -0.2) is 0 Å². The first kappa shape index (κ1) is 18.0. The van der Waals surface area contributed by atoms with Gasteiger partial charge in [0, 0.05) is 0 Å². The maximum Gasteiger partial charge on any atom is 0.422 e. The van der Waals surface area contributed by atoms with E-state index in [1.54, 1.807) is 0 Å². The van der Waals surface area contributed by atoms with Crippen LogP contribution in [0.15, 0.2) is 24.3 Å². The SMILES string of the molecule is CC=CCCC1CCC(c2cc(F)c(C(F)(F)F)c(F)c2)CC1. The Labute approximate surface area is 133 Å². The summed E-state index contributed by atoms with van der Waals surface area (Å²) in [5.74, 6) is -2.49. The summed E-state index contributed by atoms with van der Waals surface area (Å²) in [7, 11) is 0. The third kappa shape index (κ3) is 4.55. The molecule has 1 aliphatic carbocycles. The van der Waals surface area contributed by atoms with Gasteiger partial charge in [0.05, 0.1) is 0 Å². The van der Waals surface area contributed by atoms with Gasteiger partial charge in [-0.3, -0.25) is 0 Å². The molecule has 0 atom stereocenters. The van der Waals surface area contributed by atoms with Crippen LogP contribution in [0.1, 0.15) is 62.5 Å². The maximum absolute atomic E-state index is 13.7. The first-order valence-electron chi connectivity index (χ1n) is 8.00. The van der Waals surface area contributed by atoms with Crippen LogP contribution in [0.5, 0.6) is 0 Å². The minimum Gasteiger partial charge on any atom is -0.206 e. The van der Waals surface area contributed by atoms with Crippen LogP contribution in [-0.2, 0) is 6.18 Å². The quantitative estimate of drug-likeness (QED) is 0.430. The Kier molecular flexibility index (Phi) is 5.82. The van der Waals surface area contributed by atoms with Gasteiger partial charge < -0.3 is 0 Å². The highest BCUT2D eigenvalue weighted by molar-refractivity contribution is 5.30. The molecule has 1 fully saturated rings. The minimum atomic E-state index is -5.00. The molecule has 0 spiro atoms. The average Bonchev–Trinajstić information content (AvgIpc) is 2.46. The lowest BCUT2D eigenvalue weighted by molar-refractivity contribution is -0.142. The molecule has 0 saturated heterocycles. The molecule has 0 aliphatic heterocycles. The molecule has 1 aromatic rings. The molecule has 5 heteroatoms. The molecule has 1 aliphatic rings. The Morgan fingerprint density at radius 3 is 2.09 bits per heavy atom. The van der Waals surface area contributed by atoms with Gasteiger partial charge >= 0.3 is 6.18 Å². The summed E-state index contributed by atoms with van der Waals surface area (Å²) in [4.78, 5) is 0. The molecule has 0 bridgehead atoms. The van der Waals surface area contributed by atoms with E-state index in [1.165, 1.54) is 0 Å². The summed E-state index contributed by atoms with van der Waals surface area (Å²) in [5, 5.41) is 0. The molecule has 128 valence electrons. The van der Waals surface area contributed by atoms with Crippen molar-refractivity contribution in [1.29, 1.82) is 0 Å². The number of rotatable bonds is 4. The van der Waals surface area contributed by atoms with Gasteiger partial charge in [0.1, 0.15) is 17.2 Å². The van der Waals surface area contributed by atoms with Crippen LogP contribution in [0.3, 0.4) is 0 Å². The normalized spacial score (nSPS) is 22.7. The molecule has 0 nitrogen and oxygen atoms in total. The number of allylic oxidation sites excluding steroid dienone is 2. The van der Waals surface area contributed by atoms with Crippen molar-refractivity contribution in [1.82, 2.24) is 0 Å². The fraction of sp³-hybridized carbons (Fsp3) is 0.556. The summed E-state index contributed by atoms with van der Waals surface area (Å²) in [5.41, 5.74) is -1.44. The average molecular weight is 332 g/mol. The fourth-order valence-electron chi connectivity index (χ4n) is 3.38. The molecule has 0 unspecified atom stereocenters. The van der Waals surface area contributed by atoms with Crippen molar-refractivity contribution < 1.29 is 22.0 Å². The number of benzene rings is 1. The Morgan fingerprint density at radius 2 is 1.61 bits per heavy atom. The molecule has 1 aromatic carbocycles. The highest BCUT2D eigenvalue weighted by Gasteiger charge is 2.38. The predicted octanol–water partition coefficient (Wildman–Crippen LogP) is 6.61. The lowest BCUT2D eigenvalue weighted by Gasteiger charge is -2.29. The molecule has 1 saturated carbocycles. The summed E-state index contributed by atoms with van der Waals surface area (Å²) in [6.07, 6.45) is 4.68. The molecule has 0 N–H and O–H groups in total. The minimum absolute atomic E-state index is 0.0562. The van der Waals surface area contributed by atoms with Crippen LogP contribution >= 0.6 is 0 Å². The second kappa shape index (κ2) is 7.45. The molecule has 0 aromatic heterocycles. The Balaban J connectivity index is 2.04. The van der Waals surface area contributed by atoms with Crippen LogP contribution < -0.4 is 0 Å². The van der Waals surface area contributed by atoms with Crippen LogP contribution in [0, 0.1) is 17.6 Å². The van der Waals surface area contributed by atoms with Crippen molar-refractivity contribution in [2.45, 2.75) is 57.5 Å². The summed E-state index contributed by atoms with van der Waals surface area (Å²) >= 11 is 0. The van der Waals surface area contributed by atoms with Gasteiger partial charge in [0.25, 0.3) is 0 Å². The second-order valence-electron chi connectivity index (χ2n) is 6.22. The van der Waals surface area contributed by atoms with E-state index >= 15 is 0 Å². The largest absolute Gasteiger partial charge is 0.422 e. The van der Waals surface area contributed by atoms with Crippen molar-refractivity contribution >= 4 is 0 Å². The van der Waals surface area contributed by atoms with Gasteiger partial charge in [-0.25, -0.2) is 8.78 Å². The van der Waals surface area contributed by atoms with E-state index in [-0.39, 0.29) is 5.92 Å². The lowest BCUT2D eigenvalue weighted by atomic mass is 9.77. The Bertz CT molecular complexity index is 528. The highest BCUT2D eigenvalue weighted by Crippen LogP contribution is 2.40. The summed E-state index contributed by atoms with van der Waals surface area (Å²) < 4.78 is 65.1. The van der Waals surface area contributed by atoms with E-state index in [0.717, 1.165) is 50.7 Å². The zero-order valence-electron chi connectivity index (χ0n) is 13.1. The van der Waals surface area contributed by atoms with E-state index < -0.39 is 23.4 Å². The molecule has 0 heterocycles. The predicted molar refractivity (Wildman–Crippen MR) is 80.1 cm³/mol. The third-order valence-electron chi connectivity index (χ3n) is 4.64. The Morgan fingerprint density at radius 1 is 1.04 bits per heavy atom. The van der Waals surface area contributed by atoms with Crippen molar-refractivity contribution in [3.8, 4) is 0 Å². The zero-order valence-corrected chi connectivity index (χ0v) is 13.1. The van der Waals surface area contributed by atoms with Crippen LogP contribution in [0.2, 0.25) is 0 Å². The van der Waals surface area contributed by atoms with E-state index in [0.29, 0.717) is 11.5 Å². The van der Waals surface area contributed by atoms with Crippen molar-refractivity contribution in [3.63, 3.8) is 0 Å². The van der Waals surface area contributed by atoms with E-state index in [2.05, 4.69) is 6.08 Å². The number of hydrogen-bond acceptors (Lipinski definition) is 0. The van der Waals surface area contributed by atoms with Crippen LogP contribution in [0.25, 0.3) is 0 Å². The van der Waals surface area contributed by atoms with Gasteiger partial charge in [-0.05, 0) is 75.0 Å². The third-order valence-corrected chi connectivity index (χ3v) is 4.64. The molecule has 0 radical (unpaired) electrons. The van der Waals surface area contributed by atoms with Gasteiger partial charge in [-0.15, -0.1) is 0 Å². The molecule has 0 amide bonds. The monoisotopic (exact) mass is 332 g/mol. The van der Waals surface area contributed by atoms with E-state index in [1.807, 2.05) is 13.0 Å². The summed E-state index contributed by atoms with van der Waals surface area (Å²) in [6, 6.07) is 1.72. The first-order chi connectivity index (χ1) is 10.8. The number of alkyl halides is 3. The van der Waals surface area contributed by atoms with E-state index in [4.69, 9.17) is 0 Å². The van der Waals surface area contributed by atoms with Crippen molar-refractivity contribution in [2.24, 2.45) is 5.92 Å². The van der Waals surface area contributed by atoms with Gasteiger partial charge in [-0.1, -0.05) is 12.2 Å². The van der Waals surface area contributed by atoms with Gasteiger partial charge in [-0.2, -0.15) is 13.2 Å². The lowest BCUT2D eigenvalue weighted by Crippen LogP contribution is -2.16. The topological polar surface area (TPSA) is 0 Å². The standard InChI is InChI=1S/C18H21F5/c1-2-3-4-5-12-6-8-13(9-7-12)14-10-15(19)17(16(20)11-14)18(21,22)23/h2-3,10-13H,4-9H2,1H3. The van der Waals surface area contributed by atoms with E-state index in [9.17, 15) is 22.0 Å². The van der Waals surface area contributed by atoms with Gasteiger partial charge in [0.2, 0.25) is 0 Å². The second-order valence-corrected chi connectivity index (χ2v) is 6.22. The number of halogens is 5.